The van der Waals surface area contributed by atoms with Crippen molar-refractivity contribution < 1.29 is 10.2 Å². The van der Waals surface area contributed by atoms with E-state index in [1.165, 1.54) is 0 Å². The number of aliphatic hydroxyl groups is 2. The predicted octanol–water partition coefficient (Wildman–Crippen LogP) is 0.367. The van der Waals surface area contributed by atoms with Gasteiger partial charge in [-0.3, -0.25) is 0 Å². The molecule has 0 amide bonds. The summed E-state index contributed by atoms with van der Waals surface area (Å²) >= 11 is 3.19. The summed E-state index contributed by atoms with van der Waals surface area (Å²) in [5.41, 5.74) is 4.73. The third-order valence-electron chi connectivity index (χ3n) is 2.37. The van der Waals surface area contributed by atoms with E-state index in [1.807, 2.05) is 6.92 Å². The van der Waals surface area contributed by atoms with Gasteiger partial charge in [-0.15, -0.1) is 0 Å². The molecule has 0 aliphatic carbocycles. The summed E-state index contributed by atoms with van der Waals surface area (Å²) in [7, 11) is 0. The summed E-state index contributed by atoms with van der Waals surface area (Å²) in [6.45, 7) is 1.42. The summed E-state index contributed by atoms with van der Waals surface area (Å²) < 4.78 is 0.545. The van der Waals surface area contributed by atoms with E-state index in [4.69, 9.17) is 5.73 Å². The lowest BCUT2D eigenvalue weighted by Crippen LogP contribution is -2.45. The van der Waals surface area contributed by atoms with Crippen LogP contribution in [0.3, 0.4) is 0 Å². The smallest absolute Gasteiger partial charge is 0.226 e. The highest BCUT2D eigenvalue weighted by molar-refractivity contribution is 9.10. The standard InChI is InChI=1S/C9H15BrN4O2/c1-2-9(4-15,5-16)14-8-12-6(10)3-7(11)13-8/h3,15-16H,2,4-5H2,1H3,(H3,11,12,13,14). The van der Waals surface area contributed by atoms with E-state index in [0.29, 0.717) is 16.8 Å². The maximum absolute atomic E-state index is 9.26. The molecule has 0 aromatic carbocycles. The SMILES string of the molecule is CCC(CO)(CO)Nc1nc(N)cc(Br)n1. The fraction of sp³-hybridized carbons (Fsp3) is 0.556. The molecule has 6 nitrogen and oxygen atoms in total. The number of rotatable bonds is 5. The van der Waals surface area contributed by atoms with Gasteiger partial charge >= 0.3 is 0 Å². The summed E-state index contributed by atoms with van der Waals surface area (Å²) in [5.74, 6) is 0.585. The van der Waals surface area contributed by atoms with Gasteiger partial charge in [0.15, 0.2) is 0 Å². The van der Waals surface area contributed by atoms with Crippen molar-refractivity contribution in [1.29, 1.82) is 0 Å². The Kier molecular flexibility index (Phi) is 4.45. The van der Waals surface area contributed by atoms with Crippen molar-refractivity contribution in [3.05, 3.63) is 10.7 Å². The molecular weight excluding hydrogens is 276 g/mol. The van der Waals surface area contributed by atoms with Gasteiger partial charge in [0.05, 0.1) is 18.8 Å². The van der Waals surface area contributed by atoms with Gasteiger partial charge in [0, 0.05) is 6.07 Å². The van der Waals surface area contributed by atoms with Crippen LogP contribution in [0.2, 0.25) is 0 Å². The van der Waals surface area contributed by atoms with Crippen LogP contribution in [-0.4, -0.2) is 38.9 Å². The van der Waals surface area contributed by atoms with Crippen molar-refractivity contribution >= 4 is 27.7 Å². The van der Waals surface area contributed by atoms with Gasteiger partial charge in [-0.05, 0) is 22.4 Å². The van der Waals surface area contributed by atoms with Crippen LogP contribution in [0, 0.1) is 0 Å². The largest absolute Gasteiger partial charge is 0.394 e. The second-order valence-corrected chi connectivity index (χ2v) is 4.33. The van der Waals surface area contributed by atoms with Gasteiger partial charge in [0.1, 0.15) is 10.4 Å². The highest BCUT2D eigenvalue weighted by Crippen LogP contribution is 2.18. The Morgan fingerprint density at radius 2 is 2.06 bits per heavy atom. The van der Waals surface area contributed by atoms with Crippen LogP contribution in [-0.2, 0) is 0 Å². The van der Waals surface area contributed by atoms with E-state index < -0.39 is 5.54 Å². The van der Waals surface area contributed by atoms with Crippen LogP contribution in [0.4, 0.5) is 11.8 Å². The number of nitrogens with two attached hydrogens (primary N) is 1. The lowest BCUT2D eigenvalue weighted by molar-refractivity contribution is 0.132. The molecule has 0 saturated carbocycles. The van der Waals surface area contributed by atoms with E-state index in [-0.39, 0.29) is 19.2 Å². The molecular formula is C9H15BrN4O2. The van der Waals surface area contributed by atoms with Gasteiger partial charge in [-0.25, -0.2) is 4.98 Å². The zero-order valence-electron chi connectivity index (χ0n) is 8.94. The van der Waals surface area contributed by atoms with Crippen LogP contribution in [0.1, 0.15) is 13.3 Å². The van der Waals surface area contributed by atoms with Crippen molar-refractivity contribution in [2.45, 2.75) is 18.9 Å². The Balaban J connectivity index is 2.93. The summed E-state index contributed by atoms with van der Waals surface area (Å²) in [4.78, 5) is 8.02. The summed E-state index contributed by atoms with van der Waals surface area (Å²) in [5, 5.41) is 21.4. The Morgan fingerprint density at radius 3 is 2.50 bits per heavy atom. The third-order valence-corrected chi connectivity index (χ3v) is 2.78. The number of nitrogens with one attached hydrogen (secondary N) is 1. The molecule has 1 heterocycles. The molecule has 1 aromatic heterocycles. The molecule has 0 unspecified atom stereocenters. The fourth-order valence-electron chi connectivity index (χ4n) is 1.17. The lowest BCUT2D eigenvalue weighted by atomic mass is 9.99. The van der Waals surface area contributed by atoms with Crippen molar-refractivity contribution in [3.8, 4) is 0 Å². The zero-order chi connectivity index (χ0) is 12.2. The number of aliphatic hydroxyl groups excluding tert-OH is 2. The molecule has 1 rings (SSSR count). The first-order chi connectivity index (χ1) is 7.55. The first-order valence-corrected chi connectivity index (χ1v) is 5.64. The minimum Gasteiger partial charge on any atom is -0.394 e. The number of aromatic nitrogens is 2. The molecule has 16 heavy (non-hydrogen) atoms. The van der Waals surface area contributed by atoms with Crippen LogP contribution < -0.4 is 11.1 Å². The normalized spacial score (nSPS) is 11.5. The molecule has 0 fully saturated rings. The summed E-state index contributed by atoms with van der Waals surface area (Å²) in [6.07, 6.45) is 0.537. The van der Waals surface area contributed by atoms with Gasteiger partial charge in [0.25, 0.3) is 0 Å². The first-order valence-electron chi connectivity index (χ1n) is 4.85. The maximum atomic E-state index is 9.26. The molecule has 0 aliphatic heterocycles. The van der Waals surface area contributed by atoms with Crippen molar-refractivity contribution in [3.63, 3.8) is 0 Å². The molecule has 1 aromatic rings. The maximum Gasteiger partial charge on any atom is 0.226 e. The van der Waals surface area contributed by atoms with Gasteiger partial charge in [0.2, 0.25) is 5.95 Å². The zero-order valence-corrected chi connectivity index (χ0v) is 10.5. The average Bonchev–Trinajstić information content (AvgIpc) is 2.25. The fourth-order valence-corrected chi connectivity index (χ4v) is 1.57. The second kappa shape index (κ2) is 5.42. The second-order valence-electron chi connectivity index (χ2n) is 3.51. The van der Waals surface area contributed by atoms with E-state index in [0.717, 1.165) is 0 Å². The first kappa shape index (κ1) is 13.1. The molecule has 0 atom stereocenters. The third kappa shape index (κ3) is 3.03. The molecule has 90 valence electrons. The number of halogens is 1. The topological polar surface area (TPSA) is 104 Å². The number of nitrogens with zero attached hydrogens (tertiary/aromatic N) is 2. The average molecular weight is 291 g/mol. The summed E-state index contributed by atoms with van der Waals surface area (Å²) in [6, 6.07) is 1.57. The van der Waals surface area contributed by atoms with Gasteiger partial charge < -0.3 is 21.3 Å². The minimum atomic E-state index is -0.826. The number of hydrogen-bond donors (Lipinski definition) is 4. The van der Waals surface area contributed by atoms with E-state index in [2.05, 4.69) is 31.2 Å². The molecule has 0 radical (unpaired) electrons. The van der Waals surface area contributed by atoms with Crippen LogP contribution in [0.5, 0.6) is 0 Å². The Hall–Kier alpha value is -0.920. The Bertz CT molecular complexity index is 329. The number of anilines is 2. The lowest BCUT2D eigenvalue weighted by Gasteiger charge is -2.29. The number of nitrogen functional groups attached to an aromatic ring is 1. The quantitative estimate of drug-likeness (QED) is 0.584. The molecule has 0 aliphatic rings. The Labute approximate surface area is 102 Å². The van der Waals surface area contributed by atoms with E-state index >= 15 is 0 Å². The molecule has 7 heteroatoms. The molecule has 0 spiro atoms. The van der Waals surface area contributed by atoms with Crippen molar-refractivity contribution in [1.82, 2.24) is 9.97 Å². The van der Waals surface area contributed by atoms with E-state index in [9.17, 15) is 10.2 Å². The predicted molar refractivity (Wildman–Crippen MR) is 65.0 cm³/mol. The molecule has 0 saturated heterocycles. The van der Waals surface area contributed by atoms with Crippen LogP contribution in [0.15, 0.2) is 10.7 Å². The molecule has 5 N–H and O–H groups in total. The van der Waals surface area contributed by atoms with Gasteiger partial charge in [-0.2, -0.15) is 4.98 Å². The number of hydrogen-bond acceptors (Lipinski definition) is 6. The van der Waals surface area contributed by atoms with Crippen LogP contribution >= 0.6 is 15.9 Å². The van der Waals surface area contributed by atoms with Crippen molar-refractivity contribution in [2.24, 2.45) is 0 Å². The highest BCUT2D eigenvalue weighted by atomic mass is 79.9. The molecule has 0 bridgehead atoms. The highest BCUT2D eigenvalue weighted by Gasteiger charge is 2.27. The monoisotopic (exact) mass is 290 g/mol. The van der Waals surface area contributed by atoms with Crippen molar-refractivity contribution in [2.75, 3.05) is 24.3 Å². The van der Waals surface area contributed by atoms with E-state index in [1.54, 1.807) is 6.07 Å². The van der Waals surface area contributed by atoms with Crippen LogP contribution in [0.25, 0.3) is 0 Å². The minimum absolute atomic E-state index is 0.213. The van der Waals surface area contributed by atoms with Gasteiger partial charge in [-0.1, -0.05) is 6.92 Å². The Morgan fingerprint density at radius 1 is 1.44 bits per heavy atom.